The summed E-state index contributed by atoms with van der Waals surface area (Å²) in [5.74, 6) is 1.16. The van der Waals surface area contributed by atoms with Crippen molar-refractivity contribution in [3.8, 4) is 0 Å². The average Bonchev–Trinajstić information content (AvgIpc) is 2.49. The maximum absolute atomic E-state index is 9.74. The van der Waals surface area contributed by atoms with E-state index in [0.29, 0.717) is 18.0 Å². The quantitative estimate of drug-likeness (QED) is 0.696. The van der Waals surface area contributed by atoms with Gasteiger partial charge in [-0.25, -0.2) is 0 Å². The molecule has 0 aromatic carbocycles. The van der Waals surface area contributed by atoms with Crippen molar-refractivity contribution in [3.05, 3.63) is 0 Å². The van der Waals surface area contributed by atoms with Gasteiger partial charge in [0.05, 0.1) is 25.4 Å². The van der Waals surface area contributed by atoms with Crippen molar-refractivity contribution in [2.24, 2.45) is 0 Å². The molecular weight excluding hydrogens is 198 g/mol. The molecule has 82 valence electrons. The summed E-state index contributed by atoms with van der Waals surface area (Å²) in [6.45, 7) is 7.89. The third-order valence-electron chi connectivity index (χ3n) is 2.95. The molecule has 2 heterocycles. The molecular formula is C10H19NO2S. The number of aliphatic hydroxyl groups is 1. The zero-order chi connectivity index (χ0) is 10.2. The van der Waals surface area contributed by atoms with Gasteiger partial charge in [-0.1, -0.05) is 0 Å². The number of ether oxygens (including phenoxy) is 1. The summed E-state index contributed by atoms with van der Waals surface area (Å²) in [6, 6.07) is 0.232. The van der Waals surface area contributed by atoms with Gasteiger partial charge in [-0.2, -0.15) is 11.8 Å². The molecule has 0 bridgehead atoms. The monoisotopic (exact) mass is 217 g/mol. The Morgan fingerprint density at radius 1 is 1.43 bits per heavy atom. The first kappa shape index (κ1) is 10.7. The minimum absolute atomic E-state index is 0.232. The van der Waals surface area contributed by atoms with Crippen molar-refractivity contribution in [2.45, 2.75) is 30.7 Å². The van der Waals surface area contributed by atoms with Gasteiger partial charge in [-0.3, -0.25) is 4.90 Å². The SMILES string of the molecule is CC1(C)CN(C2COCC2O)CCS1. The lowest BCUT2D eigenvalue weighted by Crippen LogP contribution is -2.52. The number of aliphatic hydroxyl groups excluding tert-OH is 1. The van der Waals surface area contributed by atoms with Gasteiger partial charge < -0.3 is 9.84 Å². The molecule has 2 fully saturated rings. The van der Waals surface area contributed by atoms with E-state index in [0.717, 1.165) is 18.8 Å². The molecule has 2 saturated heterocycles. The third-order valence-corrected chi connectivity index (χ3v) is 4.24. The molecule has 4 heteroatoms. The lowest BCUT2D eigenvalue weighted by Gasteiger charge is -2.41. The van der Waals surface area contributed by atoms with Crippen molar-refractivity contribution in [2.75, 3.05) is 32.1 Å². The Kier molecular flexibility index (Phi) is 3.07. The molecule has 0 amide bonds. The van der Waals surface area contributed by atoms with Crippen molar-refractivity contribution in [1.82, 2.24) is 4.90 Å². The standard InChI is InChI=1S/C10H19NO2S/c1-10(2)7-11(3-4-14-10)8-5-13-6-9(8)12/h8-9,12H,3-7H2,1-2H3. The van der Waals surface area contributed by atoms with E-state index in [1.807, 2.05) is 11.8 Å². The zero-order valence-electron chi connectivity index (χ0n) is 8.90. The van der Waals surface area contributed by atoms with E-state index < -0.39 is 0 Å². The van der Waals surface area contributed by atoms with Crippen LogP contribution in [0.15, 0.2) is 0 Å². The Hall–Kier alpha value is 0.230. The summed E-state index contributed by atoms with van der Waals surface area (Å²) in [4.78, 5) is 2.38. The van der Waals surface area contributed by atoms with Crippen molar-refractivity contribution in [3.63, 3.8) is 0 Å². The number of nitrogens with zero attached hydrogens (tertiary/aromatic N) is 1. The second-order valence-corrected chi connectivity index (χ2v) is 6.55. The van der Waals surface area contributed by atoms with Gasteiger partial charge in [-0.05, 0) is 13.8 Å². The Morgan fingerprint density at radius 3 is 2.79 bits per heavy atom. The summed E-state index contributed by atoms with van der Waals surface area (Å²) < 4.78 is 5.61. The van der Waals surface area contributed by atoms with E-state index in [1.54, 1.807) is 0 Å². The van der Waals surface area contributed by atoms with Crippen LogP contribution in [0.25, 0.3) is 0 Å². The van der Waals surface area contributed by atoms with Crippen molar-refractivity contribution >= 4 is 11.8 Å². The molecule has 14 heavy (non-hydrogen) atoms. The van der Waals surface area contributed by atoms with E-state index in [2.05, 4.69) is 18.7 Å². The predicted molar refractivity (Wildman–Crippen MR) is 58.7 cm³/mol. The molecule has 2 unspecified atom stereocenters. The smallest absolute Gasteiger partial charge is 0.0950 e. The lowest BCUT2D eigenvalue weighted by atomic mass is 10.1. The first-order valence-corrected chi connectivity index (χ1v) is 6.21. The van der Waals surface area contributed by atoms with E-state index in [1.165, 1.54) is 0 Å². The fraction of sp³-hybridized carbons (Fsp3) is 1.00. The fourth-order valence-corrected chi connectivity index (χ4v) is 3.35. The van der Waals surface area contributed by atoms with Crippen LogP contribution in [0.1, 0.15) is 13.8 Å². The van der Waals surface area contributed by atoms with Gasteiger partial charge in [-0.15, -0.1) is 0 Å². The Morgan fingerprint density at radius 2 is 2.21 bits per heavy atom. The maximum Gasteiger partial charge on any atom is 0.0950 e. The van der Waals surface area contributed by atoms with Crippen LogP contribution in [0.3, 0.4) is 0 Å². The molecule has 0 aromatic heterocycles. The molecule has 2 rings (SSSR count). The number of rotatable bonds is 1. The average molecular weight is 217 g/mol. The van der Waals surface area contributed by atoms with Gasteiger partial charge in [0.1, 0.15) is 0 Å². The molecule has 2 aliphatic rings. The van der Waals surface area contributed by atoms with E-state index in [-0.39, 0.29) is 12.1 Å². The third kappa shape index (κ3) is 2.24. The van der Waals surface area contributed by atoms with E-state index >= 15 is 0 Å². The van der Waals surface area contributed by atoms with Gasteiger partial charge in [0.15, 0.2) is 0 Å². The molecule has 0 aliphatic carbocycles. The molecule has 3 nitrogen and oxygen atoms in total. The second-order valence-electron chi connectivity index (χ2n) is 4.75. The minimum Gasteiger partial charge on any atom is -0.389 e. The highest BCUT2D eigenvalue weighted by Gasteiger charge is 2.36. The number of thioether (sulfide) groups is 1. The molecule has 1 N–H and O–H groups in total. The van der Waals surface area contributed by atoms with Crippen LogP contribution in [-0.2, 0) is 4.74 Å². The van der Waals surface area contributed by atoms with Gasteiger partial charge in [0.25, 0.3) is 0 Å². The van der Waals surface area contributed by atoms with Crippen molar-refractivity contribution < 1.29 is 9.84 Å². The molecule has 0 spiro atoms. The van der Waals surface area contributed by atoms with Gasteiger partial charge in [0.2, 0.25) is 0 Å². The summed E-state index contributed by atoms with van der Waals surface area (Å²) in [5.41, 5.74) is 0. The first-order chi connectivity index (χ1) is 6.58. The summed E-state index contributed by atoms with van der Waals surface area (Å²) in [7, 11) is 0. The topological polar surface area (TPSA) is 32.7 Å². The number of hydrogen-bond donors (Lipinski definition) is 1. The first-order valence-electron chi connectivity index (χ1n) is 5.22. The largest absolute Gasteiger partial charge is 0.389 e. The summed E-state index contributed by atoms with van der Waals surface area (Å²) in [5, 5.41) is 9.74. The van der Waals surface area contributed by atoms with Gasteiger partial charge in [0, 0.05) is 23.6 Å². The van der Waals surface area contributed by atoms with E-state index in [4.69, 9.17) is 4.74 Å². The maximum atomic E-state index is 9.74. The lowest BCUT2D eigenvalue weighted by molar-refractivity contribution is 0.0792. The Bertz CT molecular complexity index is 210. The second kappa shape index (κ2) is 4.00. The van der Waals surface area contributed by atoms with Gasteiger partial charge >= 0.3 is 0 Å². The van der Waals surface area contributed by atoms with Crippen LogP contribution in [-0.4, -0.2) is 59.0 Å². The summed E-state index contributed by atoms with van der Waals surface area (Å²) >= 11 is 2.02. The van der Waals surface area contributed by atoms with Crippen LogP contribution in [0.5, 0.6) is 0 Å². The predicted octanol–water partition coefficient (Wildman–Crippen LogP) is 0.574. The minimum atomic E-state index is -0.283. The highest BCUT2D eigenvalue weighted by Crippen LogP contribution is 2.31. The molecule has 0 aromatic rings. The molecule has 2 atom stereocenters. The van der Waals surface area contributed by atoms with E-state index in [9.17, 15) is 5.11 Å². The highest BCUT2D eigenvalue weighted by molar-refractivity contribution is 8.00. The van der Waals surface area contributed by atoms with Crippen LogP contribution in [0, 0.1) is 0 Å². The molecule has 2 aliphatic heterocycles. The Labute approximate surface area is 89.8 Å². The van der Waals surface area contributed by atoms with Crippen LogP contribution in [0.2, 0.25) is 0 Å². The Balaban J connectivity index is 1.97. The summed E-state index contributed by atoms with van der Waals surface area (Å²) in [6.07, 6.45) is -0.283. The van der Waals surface area contributed by atoms with Crippen molar-refractivity contribution in [1.29, 1.82) is 0 Å². The highest BCUT2D eigenvalue weighted by atomic mass is 32.2. The molecule has 0 saturated carbocycles. The normalized spacial score (nSPS) is 38.8. The zero-order valence-corrected chi connectivity index (χ0v) is 9.72. The van der Waals surface area contributed by atoms with Crippen LogP contribution >= 0.6 is 11.8 Å². The molecule has 0 radical (unpaired) electrons. The van der Waals surface area contributed by atoms with Crippen LogP contribution < -0.4 is 0 Å². The fourth-order valence-electron chi connectivity index (χ4n) is 2.22. The number of hydrogen-bond acceptors (Lipinski definition) is 4. The van der Waals surface area contributed by atoms with Crippen LogP contribution in [0.4, 0.5) is 0 Å².